The van der Waals surface area contributed by atoms with Crippen LogP contribution < -0.4 is 5.43 Å². The first-order valence-corrected chi connectivity index (χ1v) is 8.61. The van der Waals surface area contributed by atoms with Gasteiger partial charge in [-0.05, 0) is 24.3 Å². The van der Waals surface area contributed by atoms with Crippen LogP contribution in [-0.2, 0) is 0 Å². The molecule has 2 aromatic carbocycles. The number of benzene rings is 2. The first-order chi connectivity index (χ1) is 12.0. The number of para-hydroxylation sites is 1. The molecule has 0 saturated heterocycles. The predicted octanol–water partition coefficient (Wildman–Crippen LogP) is 5.47. The fourth-order valence-electron chi connectivity index (χ4n) is 2.07. The lowest BCUT2D eigenvalue weighted by atomic mass is 10.2. The summed E-state index contributed by atoms with van der Waals surface area (Å²) in [5, 5.41) is 18.4. The number of nitro benzene ring substituents is 1. The molecule has 0 fully saturated rings. The Balaban J connectivity index is 1.75. The topological polar surface area (TPSA) is 80.4 Å². The Bertz CT molecular complexity index is 959. The highest BCUT2D eigenvalue weighted by Crippen LogP contribution is 2.32. The van der Waals surface area contributed by atoms with E-state index in [1.54, 1.807) is 36.4 Å². The van der Waals surface area contributed by atoms with Gasteiger partial charge in [0.05, 0.1) is 27.4 Å². The van der Waals surface area contributed by atoms with Gasteiger partial charge in [-0.2, -0.15) is 5.10 Å². The minimum absolute atomic E-state index is 0.0131. The maximum atomic E-state index is 11.0. The van der Waals surface area contributed by atoms with Crippen LogP contribution in [0, 0.1) is 10.1 Å². The largest absolute Gasteiger partial charge is 0.278 e. The third kappa shape index (κ3) is 4.14. The predicted molar refractivity (Wildman–Crippen MR) is 102 cm³/mol. The Morgan fingerprint density at radius 1 is 1.24 bits per heavy atom. The van der Waals surface area contributed by atoms with E-state index in [2.05, 4.69) is 15.5 Å². The Morgan fingerprint density at radius 2 is 2.04 bits per heavy atom. The molecule has 3 aromatic rings. The van der Waals surface area contributed by atoms with Gasteiger partial charge in [0.25, 0.3) is 5.69 Å². The maximum Gasteiger partial charge on any atom is 0.278 e. The van der Waals surface area contributed by atoms with Crippen molar-refractivity contribution < 1.29 is 4.92 Å². The molecule has 0 amide bonds. The van der Waals surface area contributed by atoms with Gasteiger partial charge in [0, 0.05) is 22.0 Å². The van der Waals surface area contributed by atoms with Crippen LogP contribution in [0.2, 0.25) is 10.0 Å². The Hall–Kier alpha value is -2.48. The van der Waals surface area contributed by atoms with E-state index in [1.807, 2.05) is 5.38 Å². The zero-order valence-electron chi connectivity index (χ0n) is 12.5. The summed E-state index contributed by atoms with van der Waals surface area (Å²) in [5.74, 6) is 0. The zero-order valence-corrected chi connectivity index (χ0v) is 14.8. The van der Waals surface area contributed by atoms with Gasteiger partial charge in [-0.1, -0.05) is 35.3 Å². The Morgan fingerprint density at radius 3 is 2.80 bits per heavy atom. The molecule has 1 heterocycles. The normalized spacial score (nSPS) is 11.0. The van der Waals surface area contributed by atoms with E-state index in [0.717, 1.165) is 5.56 Å². The van der Waals surface area contributed by atoms with Crippen molar-refractivity contribution in [1.29, 1.82) is 0 Å². The highest BCUT2D eigenvalue weighted by Gasteiger charge is 2.11. The van der Waals surface area contributed by atoms with Crippen LogP contribution in [0.3, 0.4) is 0 Å². The van der Waals surface area contributed by atoms with Crippen molar-refractivity contribution in [3.63, 3.8) is 0 Å². The van der Waals surface area contributed by atoms with Gasteiger partial charge in [0.15, 0.2) is 0 Å². The van der Waals surface area contributed by atoms with E-state index in [0.29, 0.717) is 26.4 Å². The lowest BCUT2D eigenvalue weighted by Crippen LogP contribution is -1.96. The van der Waals surface area contributed by atoms with Crippen LogP contribution in [-0.4, -0.2) is 16.1 Å². The summed E-state index contributed by atoms with van der Waals surface area (Å²) in [5.41, 5.74) is 4.60. The van der Waals surface area contributed by atoms with Crippen LogP contribution in [0.25, 0.3) is 11.3 Å². The molecule has 1 aromatic heterocycles. The number of nitrogens with zero attached hydrogens (tertiary/aromatic N) is 3. The van der Waals surface area contributed by atoms with Crippen LogP contribution in [0.1, 0.15) is 5.56 Å². The average Bonchev–Trinajstić information content (AvgIpc) is 3.03. The molecule has 0 radical (unpaired) electrons. The fourth-order valence-corrected chi connectivity index (χ4v) is 3.23. The zero-order chi connectivity index (χ0) is 17.8. The first kappa shape index (κ1) is 17.3. The summed E-state index contributed by atoms with van der Waals surface area (Å²) in [6, 6.07) is 11.5. The number of hydrazone groups is 1. The average molecular weight is 393 g/mol. The van der Waals surface area contributed by atoms with Crippen LogP contribution >= 0.6 is 34.5 Å². The van der Waals surface area contributed by atoms with Crippen molar-refractivity contribution >= 4 is 51.6 Å². The minimum Gasteiger partial charge on any atom is -0.258 e. The second-order valence-electron chi connectivity index (χ2n) is 4.85. The number of nitrogens with one attached hydrogen (secondary N) is 1. The molecule has 0 aliphatic carbocycles. The van der Waals surface area contributed by atoms with Gasteiger partial charge in [0.2, 0.25) is 5.13 Å². The van der Waals surface area contributed by atoms with Crippen molar-refractivity contribution in [2.24, 2.45) is 5.10 Å². The molecule has 0 unspecified atom stereocenters. The molecule has 25 heavy (non-hydrogen) atoms. The molecule has 0 aliphatic rings. The third-order valence-corrected chi connectivity index (χ3v) is 4.50. The van der Waals surface area contributed by atoms with Crippen LogP contribution in [0.15, 0.2) is 52.9 Å². The number of hydrogen-bond acceptors (Lipinski definition) is 6. The van der Waals surface area contributed by atoms with Crippen LogP contribution in [0.5, 0.6) is 0 Å². The quantitative estimate of drug-likeness (QED) is 0.354. The third-order valence-electron chi connectivity index (χ3n) is 3.21. The first-order valence-electron chi connectivity index (χ1n) is 6.98. The molecule has 3 rings (SSSR count). The number of thiazole rings is 1. The van der Waals surface area contributed by atoms with E-state index in [4.69, 9.17) is 23.2 Å². The molecule has 126 valence electrons. The van der Waals surface area contributed by atoms with E-state index < -0.39 is 4.92 Å². The molecular formula is C16H10Cl2N4O2S. The molecule has 0 spiro atoms. The summed E-state index contributed by atoms with van der Waals surface area (Å²) in [6.07, 6.45) is 1.38. The molecule has 0 aliphatic heterocycles. The molecule has 6 nitrogen and oxygen atoms in total. The number of halogens is 2. The van der Waals surface area contributed by atoms with E-state index in [1.165, 1.54) is 23.6 Å². The maximum absolute atomic E-state index is 11.0. The summed E-state index contributed by atoms with van der Waals surface area (Å²) < 4.78 is 0. The van der Waals surface area contributed by atoms with Gasteiger partial charge in [-0.25, -0.2) is 4.98 Å². The van der Waals surface area contributed by atoms with E-state index in [9.17, 15) is 10.1 Å². The van der Waals surface area contributed by atoms with Crippen molar-refractivity contribution in [1.82, 2.24) is 4.98 Å². The van der Waals surface area contributed by atoms with Gasteiger partial charge >= 0.3 is 0 Å². The molecule has 0 atom stereocenters. The molecule has 0 bridgehead atoms. The Kier molecular flexibility index (Phi) is 5.28. The number of rotatable bonds is 5. The van der Waals surface area contributed by atoms with Gasteiger partial charge in [-0.15, -0.1) is 11.3 Å². The summed E-state index contributed by atoms with van der Waals surface area (Å²) in [6.45, 7) is 0. The van der Waals surface area contributed by atoms with Gasteiger partial charge < -0.3 is 0 Å². The number of aromatic nitrogens is 1. The van der Waals surface area contributed by atoms with Crippen molar-refractivity contribution in [3.05, 3.63) is 73.6 Å². The smallest absolute Gasteiger partial charge is 0.258 e. The van der Waals surface area contributed by atoms with E-state index in [-0.39, 0.29) is 5.69 Å². The highest BCUT2D eigenvalue weighted by molar-refractivity contribution is 7.14. The standard InChI is InChI=1S/C16H10Cl2N4O2S/c17-11-5-6-12(13(18)7-11)14-9-25-16(20-14)21-19-8-10-3-1-2-4-15(10)22(23)24/h1-9H,(H,20,21)/b19-8-. The van der Waals surface area contributed by atoms with Crippen molar-refractivity contribution in [2.45, 2.75) is 0 Å². The summed E-state index contributed by atoms with van der Waals surface area (Å²) in [4.78, 5) is 14.9. The molecular weight excluding hydrogens is 383 g/mol. The molecule has 9 heteroatoms. The monoisotopic (exact) mass is 392 g/mol. The minimum atomic E-state index is -0.453. The number of nitro groups is 1. The molecule has 1 N–H and O–H groups in total. The van der Waals surface area contributed by atoms with Gasteiger partial charge in [0.1, 0.15) is 0 Å². The summed E-state index contributed by atoms with van der Waals surface area (Å²) >= 11 is 13.4. The SMILES string of the molecule is O=[N+]([O-])c1ccccc1/C=N\Nc1nc(-c2ccc(Cl)cc2Cl)cs1. The summed E-state index contributed by atoms with van der Waals surface area (Å²) in [7, 11) is 0. The second kappa shape index (κ2) is 7.60. The lowest BCUT2D eigenvalue weighted by molar-refractivity contribution is -0.385. The lowest BCUT2D eigenvalue weighted by Gasteiger charge is -2.00. The number of anilines is 1. The van der Waals surface area contributed by atoms with Crippen LogP contribution in [0.4, 0.5) is 10.8 Å². The van der Waals surface area contributed by atoms with Gasteiger partial charge in [-0.3, -0.25) is 15.5 Å². The number of hydrogen-bond donors (Lipinski definition) is 1. The van der Waals surface area contributed by atoms with Crippen molar-refractivity contribution in [2.75, 3.05) is 5.43 Å². The second-order valence-corrected chi connectivity index (χ2v) is 6.55. The van der Waals surface area contributed by atoms with E-state index >= 15 is 0 Å². The van der Waals surface area contributed by atoms with Crippen molar-refractivity contribution in [3.8, 4) is 11.3 Å². The molecule has 0 saturated carbocycles. The highest BCUT2D eigenvalue weighted by atomic mass is 35.5. The Labute approximate surface area is 156 Å². The fraction of sp³-hybridized carbons (Fsp3) is 0.